The fraction of sp³-hybridized carbons (Fsp3) is 0.522. The lowest BCUT2D eigenvalue weighted by molar-refractivity contribution is 0.194. The molecular formula is C23H35NO4. The van der Waals surface area contributed by atoms with Crippen LogP contribution in [0, 0.1) is 4.91 Å². The van der Waals surface area contributed by atoms with Crippen LogP contribution < -0.4 is 0 Å². The number of rotatable bonds is 14. The minimum atomic E-state index is -0.319. The molecule has 0 spiro atoms. The molecule has 0 amide bonds. The zero-order valence-corrected chi connectivity index (χ0v) is 18.0. The highest BCUT2D eigenvalue weighted by Gasteiger charge is 1.98. The van der Waals surface area contributed by atoms with Gasteiger partial charge in [0, 0.05) is 0 Å². The third kappa shape index (κ3) is 14.6. The van der Waals surface area contributed by atoms with Crippen LogP contribution in [0.1, 0.15) is 60.3 Å². The predicted octanol–water partition coefficient (Wildman–Crippen LogP) is 6.66. The molecule has 0 saturated heterocycles. The van der Waals surface area contributed by atoms with Crippen LogP contribution in [0.25, 0.3) is 0 Å². The van der Waals surface area contributed by atoms with Crippen LogP contribution in [0.3, 0.4) is 0 Å². The normalized spacial score (nSPS) is 13.4. The van der Waals surface area contributed by atoms with Gasteiger partial charge in [0.15, 0.2) is 5.76 Å². The van der Waals surface area contributed by atoms with Crippen molar-refractivity contribution in [3.05, 3.63) is 69.9 Å². The van der Waals surface area contributed by atoms with E-state index in [4.69, 9.17) is 9.47 Å². The van der Waals surface area contributed by atoms with Crippen molar-refractivity contribution in [2.24, 2.45) is 5.18 Å². The summed E-state index contributed by atoms with van der Waals surface area (Å²) in [5, 5.41) is 12.3. The van der Waals surface area contributed by atoms with Gasteiger partial charge < -0.3 is 14.6 Å². The summed E-state index contributed by atoms with van der Waals surface area (Å²) in [5.41, 5.74) is 4.56. The second kappa shape index (κ2) is 15.5. The van der Waals surface area contributed by atoms with Gasteiger partial charge in [-0.05, 0) is 89.7 Å². The van der Waals surface area contributed by atoms with Crippen molar-refractivity contribution < 1.29 is 14.6 Å². The smallest absolute Gasteiger partial charge is 0.158 e. The van der Waals surface area contributed by atoms with Gasteiger partial charge in [-0.3, -0.25) is 0 Å². The van der Waals surface area contributed by atoms with Gasteiger partial charge in [0.25, 0.3) is 0 Å². The van der Waals surface area contributed by atoms with Crippen molar-refractivity contribution in [3.8, 4) is 0 Å². The van der Waals surface area contributed by atoms with E-state index in [0.29, 0.717) is 13.2 Å². The standard InChI is InChI=1S/C23H35NO4/c1-7-23(25)17-19(3)16-22(6)28-13-11-9-8-10-12-27-21(5)15-18(2)14-20(4)24-26/h7,14-16,20,25H,1,8-13H2,2-6H3/b18-14-,21-15+,22-16+. The van der Waals surface area contributed by atoms with E-state index >= 15 is 0 Å². The zero-order chi connectivity index (χ0) is 21.4. The summed E-state index contributed by atoms with van der Waals surface area (Å²) in [4.78, 5) is 10.4. The van der Waals surface area contributed by atoms with Crippen LogP contribution in [0.2, 0.25) is 0 Å². The first-order valence-electron chi connectivity index (χ1n) is 9.70. The number of hydrogen-bond donors (Lipinski definition) is 1. The van der Waals surface area contributed by atoms with Crippen LogP contribution in [-0.2, 0) is 9.47 Å². The molecule has 0 aromatic carbocycles. The lowest BCUT2D eigenvalue weighted by Gasteiger charge is -2.08. The Labute approximate surface area is 169 Å². The number of ether oxygens (including phenoxy) is 2. The highest BCUT2D eigenvalue weighted by atomic mass is 16.5. The second-order valence-corrected chi connectivity index (χ2v) is 6.78. The Morgan fingerprint density at radius 3 is 2.07 bits per heavy atom. The summed E-state index contributed by atoms with van der Waals surface area (Å²) in [5.74, 6) is 1.66. The maximum Gasteiger partial charge on any atom is 0.158 e. The first kappa shape index (κ1) is 25.5. The molecule has 0 aliphatic rings. The number of nitroso groups, excluding NO2 is 1. The highest BCUT2D eigenvalue weighted by molar-refractivity contribution is 5.21. The fourth-order valence-corrected chi connectivity index (χ4v) is 2.48. The lowest BCUT2D eigenvalue weighted by atomic mass is 10.2. The van der Waals surface area contributed by atoms with E-state index in [1.165, 1.54) is 6.08 Å². The van der Waals surface area contributed by atoms with Crippen molar-refractivity contribution in [1.82, 2.24) is 0 Å². The number of unbranched alkanes of at least 4 members (excludes halogenated alkanes) is 3. The maximum absolute atomic E-state index is 10.4. The van der Waals surface area contributed by atoms with Crippen molar-refractivity contribution in [2.75, 3.05) is 13.2 Å². The van der Waals surface area contributed by atoms with Crippen LogP contribution in [0.15, 0.2) is 70.2 Å². The monoisotopic (exact) mass is 389 g/mol. The van der Waals surface area contributed by atoms with E-state index in [9.17, 15) is 10.0 Å². The predicted molar refractivity (Wildman–Crippen MR) is 116 cm³/mol. The largest absolute Gasteiger partial charge is 0.501 e. The van der Waals surface area contributed by atoms with Crippen LogP contribution in [0.5, 0.6) is 0 Å². The van der Waals surface area contributed by atoms with Gasteiger partial charge in [-0.15, -0.1) is 0 Å². The summed E-state index contributed by atoms with van der Waals surface area (Å²) >= 11 is 0. The molecule has 0 rings (SSSR count). The topological polar surface area (TPSA) is 68.1 Å². The lowest BCUT2D eigenvalue weighted by Crippen LogP contribution is -1.96. The molecule has 0 aliphatic heterocycles. The molecule has 0 radical (unpaired) electrons. The van der Waals surface area contributed by atoms with Crippen LogP contribution in [0.4, 0.5) is 0 Å². The summed E-state index contributed by atoms with van der Waals surface area (Å²) in [7, 11) is 0. The van der Waals surface area contributed by atoms with Gasteiger partial charge in [0.1, 0.15) is 6.04 Å². The van der Waals surface area contributed by atoms with Gasteiger partial charge in [0.2, 0.25) is 0 Å². The molecule has 5 heteroatoms. The van der Waals surface area contributed by atoms with Gasteiger partial charge in [-0.2, -0.15) is 4.91 Å². The van der Waals surface area contributed by atoms with Gasteiger partial charge in [-0.1, -0.05) is 23.6 Å². The molecule has 0 aromatic heterocycles. The highest BCUT2D eigenvalue weighted by Crippen LogP contribution is 2.09. The molecule has 0 fully saturated rings. The fourth-order valence-electron chi connectivity index (χ4n) is 2.48. The van der Waals surface area contributed by atoms with E-state index in [2.05, 4.69) is 17.5 Å². The third-order valence-corrected chi connectivity index (χ3v) is 3.74. The molecule has 0 aliphatic carbocycles. The Kier molecular flexibility index (Phi) is 14.1. The molecule has 0 bridgehead atoms. The van der Waals surface area contributed by atoms with Crippen LogP contribution in [-0.4, -0.2) is 24.4 Å². The van der Waals surface area contributed by atoms with Crippen LogP contribution >= 0.6 is 0 Å². The van der Waals surface area contributed by atoms with Gasteiger partial charge in [0.05, 0.1) is 24.7 Å². The Morgan fingerprint density at radius 1 is 1.04 bits per heavy atom. The maximum atomic E-state index is 10.4. The SMILES string of the molecule is C=CC(O)=C=C(C)/C=C(\C)OCCCCCCO/C(C)=C/C(C)=C\C(C)N=O. The molecule has 0 saturated carbocycles. The first-order valence-corrected chi connectivity index (χ1v) is 9.70. The zero-order valence-electron chi connectivity index (χ0n) is 18.0. The van der Waals surface area contributed by atoms with Crippen molar-refractivity contribution in [3.63, 3.8) is 0 Å². The Hall–Kier alpha value is -2.52. The second-order valence-electron chi connectivity index (χ2n) is 6.78. The van der Waals surface area contributed by atoms with E-state index in [-0.39, 0.29) is 11.8 Å². The summed E-state index contributed by atoms with van der Waals surface area (Å²) in [6.45, 7) is 14.2. The molecule has 1 unspecified atom stereocenters. The summed E-state index contributed by atoms with van der Waals surface area (Å²) in [6, 6.07) is -0.319. The van der Waals surface area contributed by atoms with Gasteiger partial charge in [-0.25, -0.2) is 0 Å². The van der Waals surface area contributed by atoms with Crippen molar-refractivity contribution in [2.45, 2.75) is 66.3 Å². The number of nitrogens with zero attached hydrogens (tertiary/aromatic N) is 1. The number of aliphatic hydroxyl groups is 1. The van der Waals surface area contributed by atoms with Crippen molar-refractivity contribution in [1.29, 1.82) is 0 Å². The summed E-state index contributed by atoms with van der Waals surface area (Å²) < 4.78 is 11.4. The molecule has 28 heavy (non-hydrogen) atoms. The van der Waals surface area contributed by atoms with E-state index < -0.39 is 0 Å². The average Bonchev–Trinajstić information content (AvgIpc) is 2.63. The Morgan fingerprint density at radius 2 is 1.57 bits per heavy atom. The number of aliphatic hydroxyl groups excluding tert-OH is 1. The summed E-state index contributed by atoms with van der Waals surface area (Å²) in [6.07, 6.45) is 11.0. The van der Waals surface area contributed by atoms with E-state index in [1.54, 1.807) is 6.92 Å². The third-order valence-electron chi connectivity index (χ3n) is 3.74. The van der Waals surface area contributed by atoms with E-state index in [1.807, 2.05) is 45.9 Å². The molecular weight excluding hydrogens is 354 g/mol. The van der Waals surface area contributed by atoms with Gasteiger partial charge >= 0.3 is 0 Å². The van der Waals surface area contributed by atoms with E-state index in [0.717, 1.165) is 48.3 Å². The quantitative estimate of drug-likeness (QED) is 0.118. The Bertz CT molecular complexity index is 650. The molecule has 1 N–H and O–H groups in total. The molecule has 0 aromatic rings. The first-order chi connectivity index (χ1) is 13.3. The molecule has 0 heterocycles. The number of allylic oxidation sites excluding steroid dienone is 6. The number of hydrogen-bond acceptors (Lipinski definition) is 5. The minimum Gasteiger partial charge on any atom is -0.501 e. The van der Waals surface area contributed by atoms with Crippen molar-refractivity contribution >= 4 is 0 Å². The Balaban J connectivity index is 3.96. The minimum absolute atomic E-state index is 0.0209. The molecule has 1 atom stereocenters. The molecule has 5 nitrogen and oxygen atoms in total. The average molecular weight is 390 g/mol. The molecule has 156 valence electrons.